The first-order valence-electron chi connectivity index (χ1n) is 8.27. The molecule has 0 fully saturated rings. The van der Waals surface area contributed by atoms with Gasteiger partial charge in [0.15, 0.2) is 0 Å². The fourth-order valence-electron chi connectivity index (χ4n) is 3.17. The second-order valence-corrected chi connectivity index (χ2v) is 6.14. The van der Waals surface area contributed by atoms with Crippen molar-refractivity contribution in [2.45, 2.75) is 6.17 Å². The van der Waals surface area contributed by atoms with Crippen LogP contribution < -0.4 is 10.2 Å². The molecule has 0 aliphatic carbocycles. The third-order valence-corrected chi connectivity index (χ3v) is 4.45. The van der Waals surface area contributed by atoms with Crippen molar-refractivity contribution < 1.29 is 14.8 Å². The van der Waals surface area contributed by atoms with Gasteiger partial charge < -0.3 is 10.4 Å². The summed E-state index contributed by atoms with van der Waals surface area (Å²) in [6, 6.07) is 19.6. The number of nitrogens with one attached hydrogen (secondary N) is 1. The number of rotatable bonds is 3. The number of para-hydroxylation sites is 1. The normalized spacial score (nSPS) is 15.8. The monoisotopic (exact) mass is 361 g/mol. The molecule has 3 aromatic carbocycles. The molecule has 1 atom stereocenters. The molecule has 4 rings (SSSR count). The van der Waals surface area contributed by atoms with Gasteiger partial charge >= 0.3 is 0 Å². The van der Waals surface area contributed by atoms with Crippen LogP contribution in [0.25, 0.3) is 0 Å². The van der Waals surface area contributed by atoms with E-state index in [2.05, 4.69) is 5.32 Å². The zero-order chi connectivity index (χ0) is 19.0. The van der Waals surface area contributed by atoms with Gasteiger partial charge in [0.25, 0.3) is 11.6 Å². The minimum atomic E-state index is -0.628. The number of aromatic hydroxyl groups is 1. The van der Waals surface area contributed by atoms with Crippen LogP contribution in [0.5, 0.6) is 5.75 Å². The lowest BCUT2D eigenvalue weighted by molar-refractivity contribution is -0.384. The molecular weight excluding hydrogens is 346 g/mol. The second kappa shape index (κ2) is 6.45. The van der Waals surface area contributed by atoms with Crippen LogP contribution in [0.1, 0.15) is 22.1 Å². The fraction of sp³-hybridized carbons (Fsp3) is 0.0500. The smallest absolute Gasteiger partial charge is 0.269 e. The lowest BCUT2D eigenvalue weighted by atomic mass is 10.0. The van der Waals surface area contributed by atoms with Crippen LogP contribution in [-0.2, 0) is 0 Å². The van der Waals surface area contributed by atoms with Crippen molar-refractivity contribution >= 4 is 23.0 Å². The number of benzene rings is 3. The number of phenolic OH excluding ortho intramolecular Hbond substituents is 1. The van der Waals surface area contributed by atoms with E-state index in [1.54, 1.807) is 42.5 Å². The number of anilines is 2. The van der Waals surface area contributed by atoms with Gasteiger partial charge in [-0.3, -0.25) is 19.8 Å². The zero-order valence-corrected chi connectivity index (χ0v) is 14.1. The summed E-state index contributed by atoms with van der Waals surface area (Å²) in [6.45, 7) is 0. The summed E-state index contributed by atoms with van der Waals surface area (Å²) in [6.07, 6.45) is -0.628. The van der Waals surface area contributed by atoms with Gasteiger partial charge in [0.1, 0.15) is 11.9 Å². The molecule has 0 radical (unpaired) electrons. The Morgan fingerprint density at radius 1 is 1.00 bits per heavy atom. The Balaban J connectivity index is 1.86. The highest BCUT2D eigenvalue weighted by Gasteiger charge is 2.34. The van der Waals surface area contributed by atoms with Gasteiger partial charge in [0, 0.05) is 29.1 Å². The Morgan fingerprint density at radius 3 is 2.48 bits per heavy atom. The lowest BCUT2D eigenvalue weighted by Crippen LogP contribution is -2.43. The highest BCUT2D eigenvalue weighted by molar-refractivity contribution is 6.12. The molecule has 27 heavy (non-hydrogen) atoms. The Kier molecular flexibility index (Phi) is 3.97. The molecule has 1 aliphatic rings. The van der Waals surface area contributed by atoms with Gasteiger partial charge in [-0.05, 0) is 36.4 Å². The Morgan fingerprint density at radius 2 is 1.74 bits per heavy atom. The third-order valence-electron chi connectivity index (χ3n) is 4.45. The molecule has 0 bridgehead atoms. The molecular formula is C20H15N3O4. The van der Waals surface area contributed by atoms with Crippen LogP contribution in [0.15, 0.2) is 72.8 Å². The van der Waals surface area contributed by atoms with Gasteiger partial charge in [-0.1, -0.05) is 24.3 Å². The molecule has 134 valence electrons. The van der Waals surface area contributed by atoms with Gasteiger partial charge in [-0.2, -0.15) is 0 Å². The number of non-ortho nitro benzene ring substituents is 1. The van der Waals surface area contributed by atoms with Crippen molar-refractivity contribution in [1.82, 2.24) is 0 Å². The van der Waals surface area contributed by atoms with E-state index in [4.69, 9.17) is 0 Å². The predicted molar refractivity (Wildman–Crippen MR) is 101 cm³/mol. The number of carbonyl (C=O) groups is 1. The average molecular weight is 361 g/mol. The molecule has 2 N–H and O–H groups in total. The topological polar surface area (TPSA) is 95.7 Å². The van der Waals surface area contributed by atoms with E-state index < -0.39 is 11.1 Å². The summed E-state index contributed by atoms with van der Waals surface area (Å²) in [4.78, 5) is 25.4. The summed E-state index contributed by atoms with van der Waals surface area (Å²) in [5.74, 6) is -0.144. The highest BCUT2D eigenvalue weighted by atomic mass is 16.6. The van der Waals surface area contributed by atoms with Crippen LogP contribution in [0.2, 0.25) is 0 Å². The van der Waals surface area contributed by atoms with Gasteiger partial charge in [-0.15, -0.1) is 0 Å². The number of hydrogen-bond donors (Lipinski definition) is 2. The molecule has 0 saturated heterocycles. The summed E-state index contributed by atoms with van der Waals surface area (Å²) in [5, 5.41) is 24.0. The number of nitro benzene ring substituents is 1. The van der Waals surface area contributed by atoms with Gasteiger partial charge in [0.2, 0.25) is 0 Å². The average Bonchev–Trinajstić information content (AvgIpc) is 2.69. The quantitative estimate of drug-likeness (QED) is 0.541. The fourth-order valence-corrected chi connectivity index (χ4v) is 3.17. The first kappa shape index (κ1) is 16.6. The molecule has 7 heteroatoms. The SMILES string of the molecule is O=C1c2ccccc2NC(c2cccc([N+](=O)[O-])c2)N1c1ccc(O)cc1. The van der Waals surface area contributed by atoms with Crippen molar-refractivity contribution in [3.63, 3.8) is 0 Å². The first-order valence-corrected chi connectivity index (χ1v) is 8.27. The number of nitro groups is 1. The summed E-state index contributed by atoms with van der Waals surface area (Å²) in [7, 11) is 0. The number of hydrogen-bond acceptors (Lipinski definition) is 5. The number of nitrogens with zero attached hydrogens (tertiary/aromatic N) is 2. The van der Waals surface area contributed by atoms with Crippen LogP contribution in [0.4, 0.5) is 17.1 Å². The van der Waals surface area contributed by atoms with Crippen molar-refractivity contribution in [2.24, 2.45) is 0 Å². The summed E-state index contributed by atoms with van der Waals surface area (Å²) in [5.41, 5.74) is 2.27. The predicted octanol–water partition coefficient (Wildman–Crippen LogP) is 4.07. The highest BCUT2D eigenvalue weighted by Crippen LogP contribution is 2.37. The molecule has 0 spiro atoms. The molecule has 1 heterocycles. The third kappa shape index (κ3) is 2.95. The van der Waals surface area contributed by atoms with Crippen molar-refractivity contribution in [1.29, 1.82) is 0 Å². The van der Waals surface area contributed by atoms with Crippen LogP contribution in [0.3, 0.4) is 0 Å². The van der Waals surface area contributed by atoms with E-state index in [1.165, 1.54) is 29.2 Å². The minimum Gasteiger partial charge on any atom is -0.508 e. The maximum Gasteiger partial charge on any atom is 0.269 e. The molecule has 3 aromatic rings. The maximum absolute atomic E-state index is 13.2. The summed E-state index contributed by atoms with van der Waals surface area (Å²) >= 11 is 0. The zero-order valence-electron chi connectivity index (χ0n) is 14.1. The first-order chi connectivity index (χ1) is 13.0. The van der Waals surface area contributed by atoms with Gasteiger partial charge in [-0.25, -0.2) is 0 Å². The Hall–Kier alpha value is -3.87. The Bertz CT molecular complexity index is 1030. The Labute approximate surface area is 154 Å². The minimum absolute atomic E-state index is 0.0498. The molecule has 1 aliphatic heterocycles. The molecule has 1 amide bonds. The summed E-state index contributed by atoms with van der Waals surface area (Å²) < 4.78 is 0. The van der Waals surface area contributed by atoms with E-state index in [-0.39, 0.29) is 17.3 Å². The van der Waals surface area contributed by atoms with Gasteiger partial charge in [0.05, 0.1) is 10.5 Å². The van der Waals surface area contributed by atoms with E-state index >= 15 is 0 Å². The van der Waals surface area contributed by atoms with Crippen LogP contribution >= 0.6 is 0 Å². The van der Waals surface area contributed by atoms with E-state index in [0.717, 1.165) is 0 Å². The van der Waals surface area contributed by atoms with E-state index in [1.807, 2.05) is 6.07 Å². The van der Waals surface area contributed by atoms with Crippen LogP contribution in [0, 0.1) is 10.1 Å². The van der Waals surface area contributed by atoms with Crippen molar-refractivity contribution in [3.8, 4) is 5.75 Å². The van der Waals surface area contributed by atoms with Crippen molar-refractivity contribution in [3.05, 3.63) is 94.0 Å². The van der Waals surface area contributed by atoms with Crippen LogP contribution in [-0.4, -0.2) is 15.9 Å². The molecule has 1 unspecified atom stereocenters. The van der Waals surface area contributed by atoms with Crippen molar-refractivity contribution in [2.75, 3.05) is 10.2 Å². The maximum atomic E-state index is 13.2. The standard InChI is InChI=1S/C20H15N3O4/c24-16-10-8-14(9-11-16)22-19(13-4-3-5-15(12-13)23(26)27)21-18-7-2-1-6-17(18)20(22)25/h1-12,19,21,24H. The molecule has 7 nitrogen and oxygen atoms in total. The number of phenols is 1. The second-order valence-electron chi connectivity index (χ2n) is 6.14. The number of amides is 1. The lowest BCUT2D eigenvalue weighted by Gasteiger charge is -2.38. The molecule has 0 aromatic heterocycles. The molecule has 0 saturated carbocycles. The number of carbonyl (C=O) groups excluding carboxylic acids is 1. The van der Waals surface area contributed by atoms with E-state index in [9.17, 15) is 20.0 Å². The largest absolute Gasteiger partial charge is 0.508 e. The van der Waals surface area contributed by atoms with E-state index in [0.29, 0.717) is 22.5 Å². The number of fused-ring (bicyclic) bond motifs is 1.